The number of unbranched alkanes of at least 4 members (excludes halogenated alkanes) is 1. The maximum Gasteiger partial charge on any atom is 0.294 e. The summed E-state index contributed by atoms with van der Waals surface area (Å²) in [5.41, 5.74) is 7.30. The molecule has 1 N–H and O–H groups in total. The minimum Gasteiger partial charge on any atom is -0.465 e. The molecule has 3 nitrogen and oxygen atoms in total. The minimum atomic E-state index is 0.388. The van der Waals surface area contributed by atoms with Crippen LogP contribution in [-0.2, 0) is 4.74 Å². The molecule has 3 heteroatoms. The van der Waals surface area contributed by atoms with E-state index in [2.05, 4.69) is 104 Å². The molecule has 0 aliphatic carbocycles. The first-order valence-electron chi connectivity index (χ1n) is 12.4. The summed E-state index contributed by atoms with van der Waals surface area (Å²) in [5, 5.41) is 3.65. The summed E-state index contributed by atoms with van der Waals surface area (Å²) in [6, 6.07) is 13.7. The van der Waals surface area contributed by atoms with Crippen molar-refractivity contribution >= 4 is 17.4 Å². The molecular weight excluding hydrogens is 392 g/mol. The monoisotopic (exact) mass is 436 g/mol. The number of aliphatic imine (C=N–C) groups is 1. The van der Waals surface area contributed by atoms with Gasteiger partial charge in [-0.15, -0.1) is 0 Å². The van der Waals surface area contributed by atoms with Gasteiger partial charge in [0.1, 0.15) is 0 Å². The lowest BCUT2D eigenvalue weighted by Crippen LogP contribution is -2.20. The van der Waals surface area contributed by atoms with E-state index >= 15 is 0 Å². The van der Waals surface area contributed by atoms with Crippen LogP contribution in [0.1, 0.15) is 121 Å². The third kappa shape index (κ3) is 6.60. The minimum absolute atomic E-state index is 0.388. The van der Waals surface area contributed by atoms with Gasteiger partial charge in [0, 0.05) is 5.69 Å². The Balaban J connectivity index is 2.65. The number of amidine groups is 1. The molecule has 0 radical (unpaired) electrons. The second-order valence-corrected chi connectivity index (χ2v) is 9.96. The molecular formula is C29H44N2O. The summed E-state index contributed by atoms with van der Waals surface area (Å²) < 4.78 is 6.27. The molecule has 2 rings (SSSR count). The molecule has 0 bridgehead atoms. The number of nitrogens with zero attached hydrogens (tertiary/aromatic N) is 1. The number of ether oxygens (including phenoxy) is 1. The predicted octanol–water partition coefficient (Wildman–Crippen LogP) is 9.10. The van der Waals surface area contributed by atoms with E-state index in [0.717, 1.165) is 24.2 Å². The molecule has 176 valence electrons. The maximum atomic E-state index is 6.27. The van der Waals surface area contributed by atoms with Gasteiger partial charge in [0.15, 0.2) is 0 Å². The molecule has 2 aromatic carbocycles. The lowest BCUT2D eigenvalue weighted by molar-refractivity contribution is 0.296. The predicted molar refractivity (Wildman–Crippen MR) is 141 cm³/mol. The van der Waals surface area contributed by atoms with Crippen LogP contribution < -0.4 is 5.32 Å². The van der Waals surface area contributed by atoms with Gasteiger partial charge >= 0.3 is 0 Å². The van der Waals surface area contributed by atoms with Crippen molar-refractivity contribution in [3.05, 3.63) is 58.7 Å². The zero-order valence-electron chi connectivity index (χ0n) is 21.8. The second-order valence-electron chi connectivity index (χ2n) is 9.96. The highest BCUT2D eigenvalue weighted by atomic mass is 16.5. The van der Waals surface area contributed by atoms with Gasteiger partial charge < -0.3 is 10.1 Å². The average Bonchev–Trinajstić information content (AvgIpc) is 2.73. The number of hydrogen-bond acceptors (Lipinski definition) is 2. The van der Waals surface area contributed by atoms with E-state index in [1.807, 2.05) is 0 Å². The Bertz CT molecular complexity index is 842. The summed E-state index contributed by atoms with van der Waals surface area (Å²) in [6.07, 6.45) is 2.10. The standard InChI is InChI=1S/C29H44N2O/c1-10-11-18-32-29(30-27-23(19(2)3)14-12-15-24(27)20(4)5)31-28-25(21(6)7)16-13-17-26(28)22(8)9/h12-17,19-22H,10-11,18H2,1-9H3,(H,30,31). The van der Waals surface area contributed by atoms with E-state index in [0.29, 0.717) is 36.3 Å². The summed E-state index contributed by atoms with van der Waals surface area (Å²) in [4.78, 5) is 5.15. The Kier molecular flexibility index (Phi) is 9.81. The average molecular weight is 437 g/mol. The van der Waals surface area contributed by atoms with Gasteiger partial charge in [0.25, 0.3) is 6.02 Å². The Labute approximate surface area is 196 Å². The number of nitrogens with one attached hydrogen (secondary N) is 1. The fourth-order valence-electron chi connectivity index (χ4n) is 3.95. The van der Waals surface area contributed by atoms with Crippen LogP contribution in [0.5, 0.6) is 0 Å². The van der Waals surface area contributed by atoms with Crippen molar-refractivity contribution in [3.8, 4) is 0 Å². The van der Waals surface area contributed by atoms with E-state index in [4.69, 9.17) is 9.73 Å². The molecule has 0 atom stereocenters. The topological polar surface area (TPSA) is 33.6 Å². The first-order valence-corrected chi connectivity index (χ1v) is 12.4. The Morgan fingerprint density at radius 3 is 1.59 bits per heavy atom. The van der Waals surface area contributed by atoms with Gasteiger partial charge in [0.05, 0.1) is 12.3 Å². The van der Waals surface area contributed by atoms with Crippen molar-refractivity contribution in [2.75, 3.05) is 11.9 Å². The van der Waals surface area contributed by atoms with Crippen LogP contribution >= 0.6 is 0 Å². The van der Waals surface area contributed by atoms with Gasteiger partial charge in [-0.1, -0.05) is 105 Å². The van der Waals surface area contributed by atoms with Crippen molar-refractivity contribution in [3.63, 3.8) is 0 Å². The molecule has 32 heavy (non-hydrogen) atoms. The molecule has 0 fully saturated rings. The van der Waals surface area contributed by atoms with Crippen LogP contribution in [0.25, 0.3) is 0 Å². The van der Waals surface area contributed by atoms with Gasteiger partial charge in [0.2, 0.25) is 0 Å². The quantitative estimate of drug-likeness (QED) is 0.241. The zero-order valence-corrected chi connectivity index (χ0v) is 21.8. The molecule has 0 saturated heterocycles. The Morgan fingerprint density at radius 2 is 1.19 bits per heavy atom. The summed E-state index contributed by atoms with van der Waals surface area (Å²) in [5.74, 6) is 1.58. The fourth-order valence-corrected chi connectivity index (χ4v) is 3.95. The molecule has 0 heterocycles. The number of benzene rings is 2. The normalized spacial score (nSPS) is 12.3. The van der Waals surface area contributed by atoms with Crippen LogP contribution in [0.2, 0.25) is 0 Å². The highest BCUT2D eigenvalue weighted by Crippen LogP contribution is 2.36. The van der Waals surface area contributed by atoms with Crippen molar-refractivity contribution in [1.29, 1.82) is 0 Å². The summed E-state index contributed by atoms with van der Waals surface area (Å²) in [6.45, 7) is 20.7. The van der Waals surface area contributed by atoms with Crippen LogP contribution in [0, 0.1) is 0 Å². The van der Waals surface area contributed by atoms with Crippen molar-refractivity contribution in [2.45, 2.75) is 98.8 Å². The highest BCUT2D eigenvalue weighted by molar-refractivity contribution is 5.93. The van der Waals surface area contributed by atoms with E-state index in [-0.39, 0.29) is 0 Å². The molecule has 0 saturated carbocycles. The van der Waals surface area contributed by atoms with E-state index in [9.17, 15) is 0 Å². The van der Waals surface area contributed by atoms with E-state index in [1.165, 1.54) is 22.3 Å². The van der Waals surface area contributed by atoms with E-state index in [1.54, 1.807) is 0 Å². The van der Waals surface area contributed by atoms with Crippen LogP contribution in [0.3, 0.4) is 0 Å². The molecule has 0 aliphatic rings. The Morgan fingerprint density at radius 1 is 0.750 bits per heavy atom. The molecule has 0 unspecified atom stereocenters. The lowest BCUT2D eigenvalue weighted by Gasteiger charge is -2.23. The lowest BCUT2D eigenvalue weighted by atomic mass is 9.92. The molecule has 0 amide bonds. The van der Waals surface area contributed by atoms with Crippen LogP contribution in [0.4, 0.5) is 11.4 Å². The first kappa shape index (κ1) is 26.0. The van der Waals surface area contributed by atoms with E-state index < -0.39 is 0 Å². The van der Waals surface area contributed by atoms with Crippen molar-refractivity contribution in [2.24, 2.45) is 4.99 Å². The maximum absolute atomic E-state index is 6.27. The largest absolute Gasteiger partial charge is 0.465 e. The van der Waals surface area contributed by atoms with Crippen LogP contribution in [0.15, 0.2) is 41.4 Å². The molecule has 0 spiro atoms. The SMILES string of the molecule is CCCCOC(=Nc1c(C(C)C)cccc1C(C)C)Nc1c(C(C)C)cccc1C(C)C. The third-order valence-corrected chi connectivity index (χ3v) is 5.90. The molecule has 0 aromatic heterocycles. The first-order chi connectivity index (χ1) is 15.2. The molecule has 2 aromatic rings. The Hall–Kier alpha value is -2.29. The zero-order chi connectivity index (χ0) is 23.8. The summed E-state index contributed by atoms with van der Waals surface area (Å²) >= 11 is 0. The summed E-state index contributed by atoms with van der Waals surface area (Å²) in [7, 11) is 0. The highest BCUT2D eigenvalue weighted by Gasteiger charge is 2.18. The fraction of sp³-hybridized carbons (Fsp3) is 0.552. The number of hydrogen-bond donors (Lipinski definition) is 1. The van der Waals surface area contributed by atoms with Gasteiger partial charge in [-0.05, 0) is 52.3 Å². The number of anilines is 1. The van der Waals surface area contributed by atoms with Crippen molar-refractivity contribution < 1.29 is 4.74 Å². The van der Waals surface area contributed by atoms with Gasteiger partial charge in [-0.2, -0.15) is 4.99 Å². The third-order valence-electron chi connectivity index (χ3n) is 5.90. The van der Waals surface area contributed by atoms with Crippen LogP contribution in [-0.4, -0.2) is 12.6 Å². The number of rotatable bonds is 9. The van der Waals surface area contributed by atoms with Crippen molar-refractivity contribution in [1.82, 2.24) is 0 Å². The number of para-hydroxylation sites is 2. The van der Waals surface area contributed by atoms with Gasteiger partial charge in [-0.3, -0.25) is 0 Å². The second kappa shape index (κ2) is 12.1. The van der Waals surface area contributed by atoms with Gasteiger partial charge in [-0.25, -0.2) is 0 Å². The molecule has 0 aliphatic heterocycles. The smallest absolute Gasteiger partial charge is 0.294 e.